The molecular weight excluding hydrogens is 338 g/mol. The van der Waals surface area contributed by atoms with E-state index < -0.39 is 0 Å². The highest BCUT2D eigenvalue weighted by Gasteiger charge is 2.28. The zero-order chi connectivity index (χ0) is 19.1. The van der Waals surface area contributed by atoms with Gasteiger partial charge in [-0.25, -0.2) is 0 Å². The zero-order valence-corrected chi connectivity index (χ0v) is 15.9. The standard InChI is InChI=1S/C22H27N3O2/c1-24(16-20-11-5-6-12-23-20)17-22(27)25-13-7-10-19(15-25)21(26)14-18-8-3-2-4-9-18/h2-6,8-9,11-12,19H,7,10,13-17H2,1H3/t19-/m1/s1. The molecule has 0 unspecified atom stereocenters. The molecule has 1 amide bonds. The van der Waals surface area contributed by atoms with Crippen molar-refractivity contribution in [1.29, 1.82) is 0 Å². The number of amides is 1. The number of likely N-dealkylation sites (N-methyl/N-ethyl adjacent to an activating group) is 1. The zero-order valence-electron chi connectivity index (χ0n) is 15.9. The van der Waals surface area contributed by atoms with Crippen LogP contribution >= 0.6 is 0 Å². The van der Waals surface area contributed by atoms with Crippen LogP contribution in [0.1, 0.15) is 24.1 Å². The molecule has 0 spiro atoms. The van der Waals surface area contributed by atoms with E-state index in [0.717, 1.165) is 30.6 Å². The van der Waals surface area contributed by atoms with Gasteiger partial charge in [-0.05, 0) is 37.6 Å². The largest absolute Gasteiger partial charge is 0.341 e. The highest BCUT2D eigenvalue weighted by molar-refractivity contribution is 5.85. The molecule has 0 N–H and O–H groups in total. The number of likely N-dealkylation sites (tertiary alicyclic amines) is 1. The Morgan fingerprint density at radius 3 is 2.67 bits per heavy atom. The number of hydrogen-bond acceptors (Lipinski definition) is 4. The average molecular weight is 365 g/mol. The Balaban J connectivity index is 1.50. The Bertz CT molecular complexity index is 749. The van der Waals surface area contributed by atoms with Crippen molar-refractivity contribution in [2.75, 3.05) is 26.7 Å². The SMILES string of the molecule is CN(CC(=O)N1CCC[C@@H](C(=O)Cc2ccccc2)C1)Cc1ccccn1. The third-order valence-corrected chi connectivity index (χ3v) is 5.01. The number of rotatable bonds is 7. The Hall–Kier alpha value is -2.53. The number of pyridine rings is 1. The summed E-state index contributed by atoms with van der Waals surface area (Å²) in [7, 11) is 1.93. The molecule has 1 atom stereocenters. The highest BCUT2D eigenvalue weighted by atomic mass is 16.2. The van der Waals surface area contributed by atoms with Crippen molar-refractivity contribution < 1.29 is 9.59 Å². The second-order valence-corrected chi connectivity index (χ2v) is 7.30. The van der Waals surface area contributed by atoms with Crippen LogP contribution in [-0.2, 0) is 22.6 Å². The van der Waals surface area contributed by atoms with E-state index >= 15 is 0 Å². The summed E-state index contributed by atoms with van der Waals surface area (Å²) in [5.74, 6) is 0.273. The molecule has 0 aliphatic carbocycles. The average Bonchev–Trinajstić information content (AvgIpc) is 2.69. The van der Waals surface area contributed by atoms with E-state index in [2.05, 4.69) is 4.98 Å². The summed E-state index contributed by atoms with van der Waals surface area (Å²) < 4.78 is 0. The summed E-state index contributed by atoms with van der Waals surface area (Å²) in [5, 5.41) is 0. The smallest absolute Gasteiger partial charge is 0.236 e. The van der Waals surface area contributed by atoms with Gasteiger partial charge in [0.05, 0.1) is 12.2 Å². The first kappa shape index (κ1) is 19.2. The molecule has 1 aromatic heterocycles. The number of piperidine rings is 1. The van der Waals surface area contributed by atoms with Crippen LogP contribution < -0.4 is 0 Å². The maximum absolute atomic E-state index is 12.7. The van der Waals surface area contributed by atoms with Crippen LogP contribution in [0.15, 0.2) is 54.7 Å². The van der Waals surface area contributed by atoms with Crippen molar-refractivity contribution in [3.05, 3.63) is 66.0 Å². The van der Waals surface area contributed by atoms with Crippen LogP contribution in [0.4, 0.5) is 0 Å². The fourth-order valence-corrected chi connectivity index (χ4v) is 3.56. The molecule has 0 radical (unpaired) electrons. The van der Waals surface area contributed by atoms with E-state index in [1.165, 1.54) is 0 Å². The maximum atomic E-state index is 12.7. The molecule has 2 aromatic rings. The molecule has 0 saturated carbocycles. The van der Waals surface area contributed by atoms with Crippen molar-refractivity contribution in [3.8, 4) is 0 Å². The van der Waals surface area contributed by atoms with Gasteiger partial charge in [0.1, 0.15) is 5.78 Å². The van der Waals surface area contributed by atoms with Gasteiger partial charge in [-0.15, -0.1) is 0 Å². The van der Waals surface area contributed by atoms with Gasteiger partial charge in [0.15, 0.2) is 0 Å². The van der Waals surface area contributed by atoms with Crippen LogP contribution in [0.2, 0.25) is 0 Å². The van der Waals surface area contributed by atoms with Gasteiger partial charge >= 0.3 is 0 Å². The topological polar surface area (TPSA) is 53.5 Å². The van der Waals surface area contributed by atoms with Crippen LogP contribution in [0.3, 0.4) is 0 Å². The van der Waals surface area contributed by atoms with Crippen LogP contribution in [-0.4, -0.2) is 53.2 Å². The highest BCUT2D eigenvalue weighted by Crippen LogP contribution is 2.19. The molecular formula is C22H27N3O2. The molecule has 1 saturated heterocycles. The molecule has 1 aliphatic heterocycles. The first-order valence-electron chi connectivity index (χ1n) is 9.54. The van der Waals surface area contributed by atoms with Gasteiger partial charge in [0.2, 0.25) is 5.91 Å². The predicted octanol–water partition coefficient (Wildman–Crippen LogP) is 2.56. The number of Topliss-reactive ketones (excluding diaryl/α,β-unsaturated/α-hetero) is 1. The van der Waals surface area contributed by atoms with E-state index in [0.29, 0.717) is 26.1 Å². The summed E-state index contributed by atoms with van der Waals surface area (Å²) in [5.41, 5.74) is 1.99. The van der Waals surface area contributed by atoms with Gasteiger partial charge < -0.3 is 4.90 Å². The van der Waals surface area contributed by atoms with Crippen LogP contribution in [0, 0.1) is 5.92 Å². The van der Waals surface area contributed by atoms with Crippen molar-refractivity contribution in [1.82, 2.24) is 14.8 Å². The van der Waals surface area contributed by atoms with Gasteiger partial charge in [0, 0.05) is 38.2 Å². The lowest BCUT2D eigenvalue weighted by molar-refractivity contribution is -0.135. The lowest BCUT2D eigenvalue weighted by Gasteiger charge is -2.33. The van der Waals surface area contributed by atoms with E-state index in [-0.39, 0.29) is 17.6 Å². The van der Waals surface area contributed by atoms with Crippen molar-refractivity contribution in [2.24, 2.45) is 5.92 Å². The summed E-state index contributed by atoms with van der Waals surface area (Å²) in [4.78, 5) is 33.4. The van der Waals surface area contributed by atoms with Crippen molar-refractivity contribution in [2.45, 2.75) is 25.8 Å². The quantitative estimate of drug-likeness (QED) is 0.757. The Morgan fingerprint density at radius 2 is 1.93 bits per heavy atom. The predicted molar refractivity (Wildman–Crippen MR) is 105 cm³/mol. The summed E-state index contributed by atoms with van der Waals surface area (Å²) in [6.45, 7) is 2.26. The Morgan fingerprint density at radius 1 is 1.15 bits per heavy atom. The van der Waals surface area contributed by atoms with Crippen LogP contribution in [0.25, 0.3) is 0 Å². The number of carbonyl (C=O) groups is 2. The number of nitrogens with zero attached hydrogens (tertiary/aromatic N) is 3. The molecule has 1 aliphatic rings. The maximum Gasteiger partial charge on any atom is 0.236 e. The molecule has 5 heteroatoms. The van der Waals surface area contributed by atoms with Crippen LogP contribution in [0.5, 0.6) is 0 Å². The van der Waals surface area contributed by atoms with Gasteiger partial charge in [0.25, 0.3) is 0 Å². The molecule has 1 aromatic carbocycles. The van der Waals surface area contributed by atoms with E-state index in [1.807, 2.05) is 65.4 Å². The summed E-state index contributed by atoms with van der Waals surface area (Å²) in [6, 6.07) is 15.6. The van der Waals surface area contributed by atoms with Gasteiger partial charge in [-0.1, -0.05) is 36.4 Å². The molecule has 2 heterocycles. The molecule has 3 rings (SSSR count). The van der Waals surface area contributed by atoms with E-state index in [9.17, 15) is 9.59 Å². The molecule has 27 heavy (non-hydrogen) atoms. The van der Waals surface area contributed by atoms with E-state index in [1.54, 1.807) is 6.20 Å². The molecule has 0 bridgehead atoms. The normalized spacial score (nSPS) is 17.1. The third-order valence-electron chi connectivity index (χ3n) is 5.01. The minimum absolute atomic E-state index is 0.0518. The lowest BCUT2D eigenvalue weighted by Crippen LogP contribution is -2.46. The number of ketones is 1. The summed E-state index contributed by atoms with van der Waals surface area (Å²) >= 11 is 0. The van der Waals surface area contributed by atoms with Gasteiger partial charge in [-0.3, -0.25) is 19.5 Å². The fourth-order valence-electron chi connectivity index (χ4n) is 3.56. The monoisotopic (exact) mass is 365 g/mol. The molecule has 142 valence electrons. The fraction of sp³-hybridized carbons (Fsp3) is 0.409. The molecule has 5 nitrogen and oxygen atoms in total. The second kappa shape index (κ2) is 9.42. The van der Waals surface area contributed by atoms with Crippen molar-refractivity contribution >= 4 is 11.7 Å². The third kappa shape index (κ3) is 5.73. The number of aromatic nitrogens is 1. The molecule has 1 fully saturated rings. The number of carbonyl (C=O) groups excluding carboxylic acids is 2. The number of benzene rings is 1. The summed E-state index contributed by atoms with van der Waals surface area (Å²) in [6.07, 6.45) is 3.98. The lowest BCUT2D eigenvalue weighted by atomic mass is 9.90. The minimum atomic E-state index is -0.0518. The first-order chi connectivity index (χ1) is 13.1. The van der Waals surface area contributed by atoms with Crippen molar-refractivity contribution in [3.63, 3.8) is 0 Å². The Kier molecular flexibility index (Phi) is 6.71. The Labute approximate surface area is 161 Å². The van der Waals surface area contributed by atoms with E-state index in [4.69, 9.17) is 0 Å². The first-order valence-corrected chi connectivity index (χ1v) is 9.54. The minimum Gasteiger partial charge on any atom is -0.341 e. The second-order valence-electron chi connectivity index (χ2n) is 7.30. The van der Waals surface area contributed by atoms with Gasteiger partial charge in [-0.2, -0.15) is 0 Å². The number of hydrogen-bond donors (Lipinski definition) is 0.